The minimum atomic E-state index is -0.286. The van der Waals surface area contributed by atoms with Gasteiger partial charge in [0, 0.05) is 5.39 Å². The minimum Gasteiger partial charge on any atom is -0.456 e. The molecule has 0 bridgehead atoms. The number of nitrogens with one attached hydrogen (secondary N) is 1. The summed E-state index contributed by atoms with van der Waals surface area (Å²) >= 11 is 0. The molecule has 0 saturated heterocycles. The molecule has 3 heteroatoms. The fourth-order valence-corrected chi connectivity index (χ4v) is 2.60. The van der Waals surface area contributed by atoms with Crippen molar-refractivity contribution in [3.05, 3.63) is 35.8 Å². The number of para-hydroxylation sites is 1. The lowest BCUT2D eigenvalue weighted by Crippen LogP contribution is -2.15. The van der Waals surface area contributed by atoms with E-state index in [1.54, 1.807) is 6.07 Å². The molecule has 2 rings (SSSR count). The van der Waals surface area contributed by atoms with Gasteiger partial charge in [0.15, 0.2) is 11.4 Å². The maximum Gasteiger partial charge on any atom is 0.169 e. The second-order valence-corrected chi connectivity index (χ2v) is 5.35. The molecule has 2 nitrogen and oxygen atoms in total. The van der Waals surface area contributed by atoms with Crippen LogP contribution in [-0.2, 0) is 0 Å². The lowest BCUT2D eigenvalue weighted by Gasteiger charge is -2.13. The Morgan fingerprint density at radius 1 is 1.20 bits per heavy atom. The van der Waals surface area contributed by atoms with Crippen LogP contribution >= 0.6 is 0 Å². The van der Waals surface area contributed by atoms with Crippen molar-refractivity contribution in [2.24, 2.45) is 0 Å². The van der Waals surface area contributed by atoms with Crippen LogP contribution in [0.15, 0.2) is 28.7 Å². The van der Waals surface area contributed by atoms with Crippen molar-refractivity contribution in [1.82, 2.24) is 5.32 Å². The summed E-state index contributed by atoms with van der Waals surface area (Å²) in [5, 5.41) is 4.11. The smallest absolute Gasteiger partial charge is 0.169 e. The standard InChI is InChI=1S/C17H24FNO/c1-3-4-5-6-7-11-15(19-2)16-12-13-9-8-10-14(18)17(13)20-16/h8-10,12,15,19H,3-7,11H2,1-2H3. The van der Waals surface area contributed by atoms with Gasteiger partial charge in [0.05, 0.1) is 6.04 Å². The number of halogens is 1. The molecule has 0 amide bonds. The Morgan fingerprint density at radius 3 is 2.70 bits per heavy atom. The van der Waals surface area contributed by atoms with Crippen molar-refractivity contribution in [3.63, 3.8) is 0 Å². The minimum absolute atomic E-state index is 0.170. The van der Waals surface area contributed by atoms with Crippen molar-refractivity contribution in [2.45, 2.75) is 51.5 Å². The van der Waals surface area contributed by atoms with E-state index in [0.717, 1.165) is 17.6 Å². The van der Waals surface area contributed by atoms with Crippen LogP contribution in [0, 0.1) is 5.82 Å². The molecule has 1 aromatic carbocycles. The summed E-state index contributed by atoms with van der Waals surface area (Å²) in [4.78, 5) is 0. The van der Waals surface area contributed by atoms with Gasteiger partial charge in [-0.3, -0.25) is 0 Å². The molecule has 20 heavy (non-hydrogen) atoms. The van der Waals surface area contributed by atoms with Gasteiger partial charge in [-0.25, -0.2) is 4.39 Å². The van der Waals surface area contributed by atoms with Crippen molar-refractivity contribution < 1.29 is 8.81 Å². The second-order valence-electron chi connectivity index (χ2n) is 5.35. The molecule has 2 aromatic rings. The van der Waals surface area contributed by atoms with E-state index in [9.17, 15) is 4.39 Å². The summed E-state index contributed by atoms with van der Waals surface area (Å²) in [6.45, 7) is 2.22. The molecular formula is C17H24FNO. The SMILES string of the molecule is CCCCCCCC(NC)c1cc2cccc(F)c2o1. The van der Waals surface area contributed by atoms with Gasteiger partial charge in [-0.1, -0.05) is 51.2 Å². The fraction of sp³-hybridized carbons (Fsp3) is 0.529. The van der Waals surface area contributed by atoms with Gasteiger partial charge in [0.1, 0.15) is 5.76 Å². The Hall–Kier alpha value is -1.35. The molecule has 1 unspecified atom stereocenters. The van der Waals surface area contributed by atoms with Crippen LogP contribution in [0.5, 0.6) is 0 Å². The van der Waals surface area contributed by atoms with Gasteiger partial charge in [-0.2, -0.15) is 0 Å². The fourth-order valence-electron chi connectivity index (χ4n) is 2.60. The number of furan rings is 1. The Balaban J connectivity index is 2.00. The first-order chi connectivity index (χ1) is 9.76. The molecule has 1 aromatic heterocycles. The van der Waals surface area contributed by atoms with Crippen LogP contribution in [0.3, 0.4) is 0 Å². The molecule has 1 heterocycles. The quantitative estimate of drug-likeness (QED) is 0.671. The van der Waals surface area contributed by atoms with E-state index < -0.39 is 0 Å². The van der Waals surface area contributed by atoms with Crippen LogP contribution < -0.4 is 5.32 Å². The summed E-state index contributed by atoms with van der Waals surface area (Å²) in [6.07, 6.45) is 7.31. The molecule has 0 fully saturated rings. The van der Waals surface area contributed by atoms with Crippen molar-refractivity contribution >= 4 is 11.0 Å². The lowest BCUT2D eigenvalue weighted by molar-refractivity contribution is 0.412. The summed E-state index contributed by atoms with van der Waals surface area (Å²) < 4.78 is 19.3. The van der Waals surface area contributed by atoms with Crippen LogP contribution in [-0.4, -0.2) is 7.05 Å². The van der Waals surface area contributed by atoms with Gasteiger partial charge in [0.25, 0.3) is 0 Å². The average Bonchev–Trinajstić information content (AvgIpc) is 2.88. The summed E-state index contributed by atoms with van der Waals surface area (Å²) in [7, 11) is 1.93. The molecule has 1 N–H and O–H groups in total. The van der Waals surface area contributed by atoms with Gasteiger partial charge < -0.3 is 9.73 Å². The largest absolute Gasteiger partial charge is 0.456 e. The predicted octanol–water partition coefficient (Wildman–Crippen LogP) is 5.19. The van der Waals surface area contributed by atoms with E-state index in [1.807, 2.05) is 19.2 Å². The molecule has 0 aliphatic carbocycles. The van der Waals surface area contributed by atoms with Crippen molar-refractivity contribution in [1.29, 1.82) is 0 Å². The summed E-state index contributed by atoms with van der Waals surface area (Å²) in [6, 6.07) is 7.17. The monoisotopic (exact) mass is 277 g/mol. The van der Waals surface area contributed by atoms with Gasteiger partial charge >= 0.3 is 0 Å². The number of hydrogen-bond acceptors (Lipinski definition) is 2. The Morgan fingerprint density at radius 2 is 2.00 bits per heavy atom. The molecule has 1 atom stereocenters. The second kappa shape index (κ2) is 7.44. The maximum absolute atomic E-state index is 13.6. The maximum atomic E-state index is 13.6. The third-order valence-electron chi connectivity index (χ3n) is 3.80. The first-order valence-electron chi connectivity index (χ1n) is 7.61. The summed E-state index contributed by atoms with van der Waals surface area (Å²) in [5.74, 6) is 0.551. The molecular weight excluding hydrogens is 253 g/mol. The van der Waals surface area contributed by atoms with E-state index in [-0.39, 0.29) is 11.9 Å². The zero-order chi connectivity index (χ0) is 14.4. The highest BCUT2D eigenvalue weighted by molar-refractivity contribution is 5.78. The number of unbranched alkanes of at least 4 members (excludes halogenated alkanes) is 4. The Kier molecular flexibility index (Phi) is 5.60. The average molecular weight is 277 g/mol. The first-order valence-corrected chi connectivity index (χ1v) is 7.61. The normalized spacial score (nSPS) is 12.9. The molecule has 110 valence electrons. The van der Waals surface area contributed by atoms with E-state index in [4.69, 9.17) is 4.42 Å². The molecule has 0 aliphatic rings. The van der Waals surface area contributed by atoms with E-state index in [0.29, 0.717) is 5.58 Å². The number of fused-ring (bicyclic) bond motifs is 1. The number of rotatable bonds is 8. The highest BCUT2D eigenvalue weighted by Gasteiger charge is 2.15. The molecule has 0 radical (unpaired) electrons. The Bertz CT molecular complexity index is 535. The van der Waals surface area contributed by atoms with Gasteiger partial charge in [-0.05, 0) is 25.6 Å². The molecule has 0 spiro atoms. The zero-order valence-corrected chi connectivity index (χ0v) is 12.4. The van der Waals surface area contributed by atoms with Crippen molar-refractivity contribution in [3.8, 4) is 0 Å². The van der Waals surface area contributed by atoms with E-state index in [1.165, 1.54) is 38.2 Å². The Labute approximate surface area is 120 Å². The number of benzene rings is 1. The van der Waals surface area contributed by atoms with Crippen LogP contribution in [0.1, 0.15) is 57.3 Å². The summed E-state index contributed by atoms with van der Waals surface area (Å²) in [5.41, 5.74) is 0.369. The molecule has 0 saturated carbocycles. The van der Waals surface area contributed by atoms with Crippen LogP contribution in [0.25, 0.3) is 11.0 Å². The zero-order valence-electron chi connectivity index (χ0n) is 12.4. The van der Waals surface area contributed by atoms with Gasteiger partial charge in [0.2, 0.25) is 0 Å². The first kappa shape index (κ1) is 15.0. The third-order valence-corrected chi connectivity index (χ3v) is 3.80. The van der Waals surface area contributed by atoms with Crippen LogP contribution in [0.2, 0.25) is 0 Å². The predicted molar refractivity (Wildman–Crippen MR) is 81.3 cm³/mol. The highest BCUT2D eigenvalue weighted by Crippen LogP contribution is 2.28. The topological polar surface area (TPSA) is 25.2 Å². The van der Waals surface area contributed by atoms with E-state index in [2.05, 4.69) is 12.2 Å². The molecule has 0 aliphatic heterocycles. The van der Waals surface area contributed by atoms with E-state index >= 15 is 0 Å². The third kappa shape index (κ3) is 3.60. The van der Waals surface area contributed by atoms with Crippen LogP contribution in [0.4, 0.5) is 4.39 Å². The lowest BCUT2D eigenvalue weighted by atomic mass is 10.0. The highest BCUT2D eigenvalue weighted by atomic mass is 19.1. The number of hydrogen-bond donors (Lipinski definition) is 1. The van der Waals surface area contributed by atoms with Gasteiger partial charge in [-0.15, -0.1) is 0 Å². The van der Waals surface area contributed by atoms with Crippen molar-refractivity contribution in [2.75, 3.05) is 7.05 Å².